The summed E-state index contributed by atoms with van der Waals surface area (Å²) >= 11 is 1.54. The van der Waals surface area contributed by atoms with E-state index in [2.05, 4.69) is 19.2 Å². The molecule has 1 aliphatic heterocycles. The lowest BCUT2D eigenvalue weighted by atomic mass is 9.95. The van der Waals surface area contributed by atoms with E-state index in [4.69, 9.17) is 9.47 Å². The van der Waals surface area contributed by atoms with Crippen LogP contribution in [0.4, 0.5) is 5.00 Å². The number of carbonyl (C=O) groups is 2. The first kappa shape index (κ1) is 21.8. The normalized spacial score (nSPS) is 16.2. The highest BCUT2D eigenvalue weighted by Crippen LogP contribution is 2.39. The van der Waals surface area contributed by atoms with Crippen molar-refractivity contribution in [2.24, 2.45) is 0 Å². The zero-order valence-corrected chi connectivity index (χ0v) is 19.1. The van der Waals surface area contributed by atoms with Gasteiger partial charge in [-0.3, -0.25) is 9.59 Å². The van der Waals surface area contributed by atoms with Gasteiger partial charge >= 0.3 is 0 Å². The highest BCUT2D eigenvalue weighted by Gasteiger charge is 2.30. The third kappa shape index (κ3) is 5.10. The van der Waals surface area contributed by atoms with Crippen molar-refractivity contribution >= 4 is 28.2 Å². The Morgan fingerprint density at radius 3 is 2.55 bits per heavy atom. The molecule has 2 aliphatic rings. The van der Waals surface area contributed by atoms with E-state index in [0.717, 1.165) is 31.2 Å². The van der Waals surface area contributed by atoms with Gasteiger partial charge < -0.3 is 19.7 Å². The standard InChI is InChI=1S/C24H30N2O4S/c1-16(2)17-7-9-18(10-8-17)30-15-21(27)25-23-22(19-5-3-4-6-20(19)31-23)24(28)26-11-13-29-14-12-26/h7-10,16H,3-6,11-15H2,1-2H3,(H,25,27). The number of carbonyl (C=O) groups excluding carboxylic acids is 2. The Bertz CT molecular complexity index is 930. The summed E-state index contributed by atoms with van der Waals surface area (Å²) in [5, 5.41) is 3.62. The number of thiophene rings is 1. The molecule has 1 saturated heterocycles. The van der Waals surface area contributed by atoms with E-state index in [1.807, 2.05) is 29.2 Å². The van der Waals surface area contributed by atoms with Gasteiger partial charge in [0.15, 0.2) is 6.61 Å². The summed E-state index contributed by atoms with van der Waals surface area (Å²) < 4.78 is 11.1. The number of fused-ring (bicyclic) bond motifs is 1. The number of hydrogen-bond acceptors (Lipinski definition) is 5. The van der Waals surface area contributed by atoms with E-state index in [9.17, 15) is 9.59 Å². The zero-order valence-electron chi connectivity index (χ0n) is 18.2. The average molecular weight is 443 g/mol. The largest absolute Gasteiger partial charge is 0.484 e. The summed E-state index contributed by atoms with van der Waals surface area (Å²) in [6.45, 7) is 6.49. The Kier molecular flexibility index (Phi) is 6.92. The first-order valence-electron chi connectivity index (χ1n) is 11.1. The Morgan fingerprint density at radius 2 is 1.84 bits per heavy atom. The molecule has 166 valence electrons. The molecule has 0 spiro atoms. The van der Waals surface area contributed by atoms with E-state index >= 15 is 0 Å². The fourth-order valence-electron chi connectivity index (χ4n) is 4.07. The third-order valence-electron chi connectivity index (χ3n) is 5.85. The molecule has 7 heteroatoms. The van der Waals surface area contributed by atoms with E-state index in [1.165, 1.54) is 10.4 Å². The summed E-state index contributed by atoms with van der Waals surface area (Å²) in [6, 6.07) is 7.81. The van der Waals surface area contributed by atoms with Crippen LogP contribution in [-0.2, 0) is 22.4 Å². The van der Waals surface area contributed by atoms with Crippen molar-refractivity contribution in [2.75, 3.05) is 38.2 Å². The minimum Gasteiger partial charge on any atom is -0.484 e. The number of hydrogen-bond donors (Lipinski definition) is 1. The number of nitrogens with zero attached hydrogens (tertiary/aromatic N) is 1. The molecule has 0 bridgehead atoms. The molecule has 1 aliphatic carbocycles. The van der Waals surface area contributed by atoms with Gasteiger partial charge in [-0.1, -0.05) is 26.0 Å². The summed E-state index contributed by atoms with van der Waals surface area (Å²) in [7, 11) is 0. The van der Waals surface area contributed by atoms with E-state index in [-0.39, 0.29) is 18.4 Å². The van der Waals surface area contributed by atoms with Gasteiger partial charge in [0.1, 0.15) is 10.8 Å². The van der Waals surface area contributed by atoms with Crippen LogP contribution in [0, 0.1) is 0 Å². The van der Waals surface area contributed by atoms with Crippen molar-refractivity contribution in [3.05, 3.63) is 45.8 Å². The lowest BCUT2D eigenvalue weighted by Gasteiger charge is -2.27. The van der Waals surface area contributed by atoms with Gasteiger partial charge in [0.05, 0.1) is 18.8 Å². The summed E-state index contributed by atoms with van der Waals surface area (Å²) in [4.78, 5) is 29.0. The second-order valence-electron chi connectivity index (χ2n) is 8.38. The summed E-state index contributed by atoms with van der Waals surface area (Å²) in [6.07, 6.45) is 4.07. The predicted molar refractivity (Wildman–Crippen MR) is 122 cm³/mol. The summed E-state index contributed by atoms with van der Waals surface area (Å²) in [5.74, 6) is 0.866. The van der Waals surface area contributed by atoms with E-state index in [1.54, 1.807) is 11.3 Å². The molecule has 1 aromatic carbocycles. The molecule has 31 heavy (non-hydrogen) atoms. The fourth-order valence-corrected chi connectivity index (χ4v) is 5.36. The minimum atomic E-state index is -0.248. The van der Waals surface area contributed by atoms with Gasteiger partial charge in [-0.2, -0.15) is 0 Å². The number of anilines is 1. The minimum absolute atomic E-state index is 0.00296. The molecule has 1 N–H and O–H groups in total. The molecular weight excluding hydrogens is 412 g/mol. The second-order valence-corrected chi connectivity index (χ2v) is 9.49. The Balaban J connectivity index is 1.46. The van der Waals surface area contributed by atoms with Gasteiger partial charge in [-0.15, -0.1) is 11.3 Å². The van der Waals surface area contributed by atoms with Gasteiger partial charge in [-0.25, -0.2) is 0 Å². The van der Waals surface area contributed by atoms with Gasteiger partial charge in [-0.05, 0) is 54.9 Å². The molecular formula is C24H30N2O4S. The molecule has 0 unspecified atom stereocenters. The maximum absolute atomic E-state index is 13.3. The maximum Gasteiger partial charge on any atom is 0.262 e. The van der Waals surface area contributed by atoms with Gasteiger partial charge in [0.2, 0.25) is 0 Å². The topological polar surface area (TPSA) is 67.9 Å². The molecule has 4 rings (SSSR count). The highest BCUT2D eigenvalue weighted by atomic mass is 32.1. The number of morpholine rings is 1. The fraction of sp³-hybridized carbons (Fsp3) is 0.500. The number of benzene rings is 1. The number of amides is 2. The van der Waals surface area contributed by atoms with Crippen molar-refractivity contribution < 1.29 is 19.1 Å². The van der Waals surface area contributed by atoms with E-state index < -0.39 is 0 Å². The monoisotopic (exact) mass is 442 g/mol. The Morgan fingerprint density at radius 1 is 1.13 bits per heavy atom. The number of aryl methyl sites for hydroxylation is 1. The van der Waals surface area contributed by atoms with Crippen LogP contribution in [-0.4, -0.2) is 49.6 Å². The van der Waals surface area contributed by atoms with Gasteiger partial charge in [0.25, 0.3) is 11.8 Å². The first-order chi connectivity index (χ1) is 15.0. The predicted octanol–water partition coefficient (Wildman–Crippen LogP) is 4.24. The van der Waals surface area contributed by atoms with Crippen LogP contribution < -0.4 is 10.1 Å². The molecule has 0 radical (unpaired) electrons. The third-order valence-corrected chi connectivity index (χ3v) is 7.06. The molecule has 6 nitrogen and oxygen atoms in total. The average Bonchev–Trinajstić information content (AvgIpc) is 3.15. The first-order valence-corrected chi connectivity index (χ1v) is 11.9. The molecule has 0 atom stereocenters. The van der Waals surface area contributed by atoms with Crippen LogP contribution in [0.1, 0.15) is 59.0 Å². The van der Waals surface area contributed by atoms with Crippen LogP contribution in [0.25, 0.3) is 0 Å². The van der Waals surface area contributed by atoms with Crippen molar-refractivity contribution in [1.29, 1.82) is 0 Å². The van der Waals surface area contributed by atoms with E-state index in [0.29, 0.717) is 48.5 Å². The van der Waals surface area contributed by atoms with Crippen LogP contribution in [0.15, 0.2) is 24.3 Å². The highest BCUT2D eigenvalue weighted by molar-refractivity contribution is 7.17. The Hall–Kier alpha value is -2.38. The van der Waals surface area contributed by atoms with Crippen molar-refractivity contribution in [3.8, 4) is 5.75 Å². The smallest absolute Gasteiger partial charge is 0.262 e. The van der Waals surface area contributed by atoms with Crippen molar-refractivity contribution in [1.82, 2.24) is 4.90 Å². The lowest BCUT2D eigenvalue weighted by Crippen LogP contribution is -2.41. The SMILES string of the molecule is CC(C)c1ccc(OCC(=O)Nc2sc3c(c2C(=O)N2CCOCC2)CCCC3)cc1. The maximum atomic E-state index is 13.3. The van der Waals surface area contributed by atoms with Crippen LogP contribution >= 0.6 is 11.3 Å². The van der Waals surface area contributed by atoms with Crippen LogP contribution in [0.5, 0.6) is 5.75 Å². The Labute approximate surface area is 187 Å². The van der Waals surface area contributed by atoms with Crippen molar-refractivity contribution in [2.45, 2.75) is 45.4 Å². The molecule has 2 amide bonds. The molecule has 2 heterocycles. The molecule has 1 aromatic heterocycles. The zero-order chi connectivity index (χ0) is 21.8. The van der Waals surface area contributed by atoms with Crippen molar-refractivity contribution in [3.63, 3.8) is 0 Å². The van der Waals surface area contributed by atoms with Crippen LogP contribution in [0.3, 0.4) is 0 Å². The molecule has 2 aromatic rings. The lowest BCUT2D eigenvalue weighted by molar-refractivity contribution is -0.118. The molecule has 0 saturated carbocycles. The van der Waals surface area contributed by atoms with Crippen LogP contribution in [0.2, 0.25) is 0 Å². The number of rotatable bonds is 6. The number of ether oxygens (including phenoxy) is 2. The summed E-state index contributed by atoms with van der Waals surface area (Å²) in [5.41, 5.74) is 3.02. The second kappa shape index (κ2) is 9.83. The number of nitrogens with one attached hydrogen (secondary N) is 1. The quantitative estimate of drug-likeness (QED) is 0.727. The van der Waals surface area contributed by atoms with Gasteiger partial charge in [0, 0.05) is 18.0 Å². The molecule has 1 fully saturated rings.